The zero-order chi connectivity index (χ0) is 11.5. The van der Waals surface area contributed by atoms with Gasteiger partial charge in [-0.1, -0.05) is 0 Å². The monoisotopic (exact) mass is 215 g/mol. The molecular formula is C12H13N3O. The maximum absolute atomic E-state index is 5.71. The molecule has 0 bridgehead atoms. The Hall–Kier alpha value is -2.10. The van der Waals surface area contributed by atoms with Gasteiger partial charge in [0.2, 0.25) is 5.88 Å². The summed E-state index contributed by atoms with van der Waals surface area (Å²) >= 11 is 0. The summed E-state index contributed by atoms with van der Waals surface area (Å²) in [6, 6.07) is 7.53. The fourth-order valence-corrected chi connectivity index (χ4v) is 1.52. The van der Waals surface area contributed by atoms with Crippen molar-refractivity contribution in [2.24, 2.45) is 0 Å². The van der Waals surface area contributed by atoms with Crippen LogP contribution in [-0.2, 0) is 0 Å². The summed E-state index contributed by atoms with van der Waals surface area (Å²) in [5, 5.41) is 0. The summed E-state index contributed by atoms with van der Waals surface area (Å²) < 4.78 is 5.07. The van der Waals surface area contributed by atoms with E-state index in [1.165, 1.54) is 0 Å². The lowest BCUT2D eigenvalue weighted by atomic mass is 10.1. The van der Waals surface area contributed by atoms with Crippen molar-refractivity contribution >= 4 is 5.82 Å². The number of pyridine rings is 2. The molecule has 82 valence electrons. The number of ether oxygens (including phenoxy) is 1. The van der Waals surface area contributed by atoms with Gasteiger partial charge in [0.1, 0.15) is 5.82 Å². The Morgan fingerprint density at radius 2 is 2.06 bits per heavy atom. The molecule has 0 spiro atoms. The number of nitrogen functional groups attached to an aromatic ring is 1. The van der Waals surface area contributed by atoms with Crippen molar-refractivity contribution < 1.29 is 4.74 Å². The van der Waals surface area contributed by atoms with Crippen molar-refractivity contribution in [3.8, 4) is 17.1 Å². The summed E-state index contributed by atoms with van der Waals surface area (Å²) in [6.07, 6.45) is 1.69. The van der Waals surface area contributed by atoms with Crippen LogP contribution >= 0.6 is 0 Å². The van der Waals surface area contributed by atoms with E-state index >= 15 is 0 Å². The van der Waals surface area contributed by atoms with Crippen LogP contribution in [0.15, 0.2) is 30.5 Å². The molecule has 0 unspecified atom stereocenters. The Morgan fingerprint density at radius 1 is 1.25 bits per heavy atom. The molecule has 0 saturated carbocycles. The van der Waals surface area contributed by atoms with E-state index in [1.807, 2.05) is 31.2 Å². The Labute approximate surface area is 94.1 Å². The molecule has 16 heavy (non-hydrogen) atoms. The van der Waals surface area contributed by atoms with Crippen molar-refractivity contribution in [1.82, 2.24) is 9.97 Å². The summed E-state index contributed by atoms with van der Waals surface area (Å²) in [6.45, 7) is 1.99. The number of rotatable bonds is 2. The number of nitrogens with zero attached hydrogens (tertiary/aromatic N) is 2. The van der Waals surface area contributed by atoms with E-state index in [0.29, 0.717) is 11.7 Å². The quantitative estimate of drug-likeness (QED) is 0.832. The second-order valence-electron chi connectivity index (χ2n) is 3.54. The normalized spacial score (nSPS) is 10.1. The fourth-order valence-electron chi connectivity index (χ4n) is 1.52. The van der Waals surface area contributed by atoms with Crippen LogP contribution in [0.3, 0.4) is 0 Å². The predicted octanol–water partition coefficient (Wildman–Crippen LogP) is 2.04. The van der Waals surface area contributed by atoms with Gasteiger partial charge in [-0.25, -0.2) is 9.97 Å². The highest BCUT2D eigenvalue weighted by Crippen LogP contribution is 2.22. The molecular weight excluding hydrogens is 202 g/mol. The van der Waals surface area contributed by atoms with E-state index in [2.05, 4.69) is 9.97 Å². The van der Waals surface area contributed by atoms with Crippen molar-refractivity contribution in [1.29, 1.82) is 0 Å². The van der Waals surface area contributed by atoms with Crippen molar-refractivity contribution in [3.63, 3.8) is 0 Å². The lowest BCUT2D eigenvalue weighted by molar-refractivity contribution is 0.398. The van der Waals surface area contributed by atoms with Gasteiger partial charge in [0, 0.05) is 17.8 Å². The standard InChI is InChI=1S/C12H13N3O/c1-8-5-10(15-11(13)6-8)9-3-4-14-12(7-9)16-2/h3-7H,1-2H3,(H2,13,15). The second-order valence-corrected chi connectivity index (χ2v) is 3.54. The zero-order valence-corrected chi connectivity index (χ0v) is 9.27. The average molecular weight is 215 g/mol. The third-order valence-corrected chi connectivity index (χ3v) is 2.23. The molecule has 2 aromatic rings. The molecule has 2 rings (SSSR count). The maximum atomic E-state index is 5.71. The highest BCUT2D eigenvalue weighted by molar-refractivity contribution is 5.62. The minimum Gasteiger partial charge on any atom is -0.481 e. The van der Waals surface area contributed by atoms with E-state index in [9.17, 15) is 0 Å². The largest absolute Gasteiger partial charge is 0.481 e. The molecule has 2 aromatic heterocycles. The molecule has 2 heterocycles. The Bertz CT molecular complexity index is 491. The number of nitrogens with two attached hydrogens (primary N) is 1. The summed E-state index contributed by atoms with van der Waals surface area (Å²) in [5.74, 6) is 1.09. The lowest BCUT2D eigenvalue weighted by Gasteiger charge is -2.05. The predicted molar refractivity (Wildman–Crippen MR) is 63.2 cm³/mol. The van der Waals surface area contributed by atoms with Crippen molar-refractivity contribution in [3.05, 3.63) is 36.0 Å². The first kappa shape index (κ1) is 10.4. The van der Waals surface area contributed by atoms with E-state index < -0.39 is 0 Å². The summed E-state index contributed by atoms with van der Waals surface area (Å²) in [4.78, 5) is 8.32. The number of aromatic nitrogens is 2. The first-order valence-electron chi connectivity index (χ1n) is 4.93. The first-order valence-corrected chi connectivity index (χ1v) is 4.93. The number of hydrogen-bond donors (Lipinski definition) is 1. The van der Waals surface area contributed by atoms with E-state index in [0.717, 1.165) is 16.8 Å². The number of anilines is 1. The molecule has 0 amide bonds. The van der Waals surface area contributed by atoms with Gasteiger partial charge in [-0.15, -0.1) is 0 Å². The van der Waals surface area contributed by atoms with Gasteiger partial charge in [-0.3, -0.25) is 0 Å². The van der Waals surface area contributed by atoms with E-state index in [1.54, 1.807) is 13.3 Å². The number of methoxy groups -OCH3 is 1. The average Bonchev–Trinajstić information content (AvgIpc) is 2.28. The molecule has 2 N–H and O–H groups in total. The topological polar surface area (TPSA) is 61.0 Å². The molecule has 0 saturated heterocycles. The van der Waals surface area contributed by atoms with Crippen LogP contribution in [0, 0.1) is 6.92 Å². The van der Waals surface area contributed by atoms with Gasteiger partial charge < -0.3 is 10.5 Å². The van der Waals surface area contributed by atoms with Crippen LogP contribution in [0.4, 0.5) is 5.82 Å². The van der Waals surface area contributed by atoms with Crippen LogP contribution in [0.2, 0.25) is 0 Å². The highest BCUT2D eigenvalue weighted by atomic mass is 16.5. The molecule has 0 atom stereocenters. The van der Waals surface area contributed by atoms with E-state index in [4.69, 9.17) is 10.5 Å². The Morgan fingerprint density at radius 3 is 2.75 bits per heavy atom. The molecule has 4 heteroatoms. The molecule has 0 aromatic carbocycles. The highest BCUT2D eigenvalue weighted by Gasteiger charge is 2.03. The molecule has 0 aliphatic rings. The van der Waals surface area contributed by atoms with Gasteiger partial charge in [-0.05, 0) is 30.7 Å². The second kappa shape index (κ2) is 4.18. The third kappa shape index (κ3) is 2.11. The lowest BCUT2D eigenvalue weighted by Crippen LogP contribution is -1.94. The van der Waals surface area contributed by atoms with E-state index in [-0.39, 0.29) is 0 Å². The van der Waals surface area contributed by atoms with Crippen LogP contribution in [-0.4, -0.2) is 17.1 Å². The van der Waals surface area contributed by atoms with Gasteiger partial charge >= 0.3 is 0 Å². The number of aryl methyl sites for hydroxylation is 1. The number of hydrogen-bond acceptors (Lipinski definition) is 4. The van der Waals surface area contributed by atoms with Gasteiger partial charge in [0.15, 0.2) is 0 Å². The molecule has 4 nitrogen and oxygen atoms in total. The van der Waals surface area contributed by atoms with Crippen LogP contribution in [0.5, 0.6) is 5.88 Å². The smallest absolute Gasteiger partial charge is 0.213 e. The minimum absolute atomic E-state index is 0.519. The van der Waals surface area contributed by atoms with Gasteiger partial charge in [0.25, 0.3) is 0 Å². The maximum Gasteiger partial charge on any atom is 0.213 e. The van der Waals surface area contributed by atoms with Crippen molar-refractivity contribution in [2.75, 3.05) is 12.8 Å². The van der Waals surface area contributed by atoms with Gasteiger partial charge in [-0.2, -0.15) is 0 Å². The van der Waals surface area contributed by atoms with Crippen LogP contribution < -0.4 is 10.5 Å². The SMILES string of the molecule is COc1cc(-c2cc(C)cc(N)n2)ccn1. The van der Waals surface area contributed by atoms with Crippen LogP contribution in [0.1, 0.15) is 5.56 Å². The fraction of sp³-hybridized carbons (Fsp3) is 0.167. The Kier molecular flexibility index (Phi) is 2.72. The first-order chi connectivity index (χ1) is 7.69. The minimum atomic E-state index is 0.519. The van der Waals surface area contributed by atoms with Gasteiger partial charge in [0.05, 0.1) is 12.8 Å². The Balaban J connectivity index is 2.49. The third-order valence-electron chi connectivity index (χ3n) is 2.23. The zero-order valence-electron chi connectivity index (χ0n) is 9.27. The van der Waals surface area contributed by atoms with Crippen LogP contribution in [0.25, 0.3) is 11.3 Å². The van der Waals surface area contributed by atoms with Crippen molar-refractivity contribution in [2.45, 2.75) is 6.92 Å². The summed E-state index contributed by atoms with van der Waals surface area (Å²) in [7, 11) is 1.59. The molecule has 0 aliphatic heterocycles. The summed E-state index contributed by atoms with van der Waals surface area (Å²) in [5.41, 5.74) is 8.57. The molecule has 0 aliphatic carbocycles. The molecule has 0 fully saturated rings. The molecule has 0 radical (unpaired) electrons.